The molecular weight excluding hydrogens is 172 g/mol. The summed E-state index contributed by atoms with van der Waals surface area (Å²) in [7, 11) is 2.93. The molecule has 1 aliphatic carbocycles. The minimum Gasteiger partial charge on any atom is -0.508 e. The van der Waals surface area contributed by atoms with Crippen molar-refractivity contribution >= 4 is 6.29 Å². The van der Waals surface area contributed by atoms with Gasteiger partial charge in [-0.25, -0.2) is 0 Å². The minimum atomic E-state index is -0.467. The molecule has 4 nitrogen and oxygen atoms in total. The second kappa shape index (κ2) is 4.09. The van der Waals surface area contributed by atoms with Crippen LogP contribution in [0.2, 0.25) is 0 Å². The smallest absolute Gasteiger partial charge is 0.133 e. The van der Waals surface area contributed by atoms with Crippen molar-refractivity contribution < 1.29 is 19.4 Å². The third kappa shape index (κ3) is 1.89. The second-order valence-corrected chi connectivity index (χ2v) is 2.70. The molecule has 1 aliphatic rings. The molecular formula is C9H12O4. The van der Waals surface area contributed by atoms with E-state index in [9.17, 15) is 9.90 Å². The number of aldehydes is 1. The lowest BCUT2D eigenvalue weighted by atomic mass is 9.96. The van der Waals surface area contributed by atoms with Crippen molar-refractivity contribution in [2.24, 2.45) is 5.92 Å². The maximum atomic E-state index is 10.7. The monoisotopic (exact) mass is 184 g/mol. The molecule has 0 aromatic rings. The molecule has 0 radical (unpaired) electrons. The van der Waals surface area contributed by atoms with Crippen LogP contribution in [0.15, 0.2) is 23.7 Å². The average Bonchev–Trinajstić information content (AvgIpc) is 2.16. The van der Waals surface area contributed by atoms with E-state index in [2.05, 4.69) is 0 Å². The summed E-state index contributed by atoms with van der Waals surface area (Å²) in [5.41, 5.74) is 0. The van der Waals surface area contributed by atoms with E-state index >= 15 is 0 Å². The van der Waals surface area contributed by atoms with Crippen molar-refractivity contribution in [1.82, 2.24) is 0 Å². The molecule has 4 heteroatoms. The highest BCUT2D eigenvalue weighted by molar-refractivity contribution is 5.61. The van der Waals surface area contributed by atoms with Crippen molar-refractivity contribution in [3.8, 4) is 0 Å². The molecule has 0 saturated heterocycles. The van der Waals surface area contributed by atoms with Gasteiger partial charge in [-0.05, 0) is 6.08 Å². The van der Waals surface area contributed by atoms with Crippen molar-refractivity contribution in [2.45, 2.75) is 6.10 Å². The third-order valence-corrected chi connectivity index (χ3v) is 1.96. The van der Waals surface area contributed by atoms with Gasteiger partial charge in [-0.3, -0.25) is 0 Å². The summed E-state index contributed by atoms with van der Waals surface area (Å²) in [4.78, 5) is 10.7. The van der Waals surface area contributed by atoms with Crippen LogP contribution in [0.4, 0.5) is 0 Å². The quantitative estimate of drug-likeness (QED) is 0.659. The maximum Gasteiger partial charge on any atom is 0.133 e. The summed E-state index contributed by atoms with van der Waals surface area (Å²) in [6.07, 6.45) is 3.18. The highest BCUT2D eigenvalue weighted by atomic mass is 16.5. The molecule has 1 N–H and O–H groups in total. The fourth-order valence-corrected chi connectivity index (χ4v) is 1.28. The Labute approximate surface area is 76.5 Å². The Balaban J connectivity index is 2.93. The van der Waals surface area contributed by atoms with Crippen LogP contribution >= 0.6 is 0 Å². The number of hydrogen-bond acceptors (Lipinski definition) is 4. The summed E-state index contributed by atoms with van der Waals surface area (Å²) >= 11 is 0. The van der Waals surface area contributed by atoms with E-state index in [1.165, 1.54) is 26.4 Å². The predicted molar refractivity (Wildman–Crippen MR) is 46.2 cm³/mol. The maximum absolute atomic E-state index is 10.7. The minimum absolute atomic E-state index is 0.0572. The van der Waals surface area contributed by atoms with E-state index in [0.717, 1.165) is 6.29 Å². The molecule has 0 saturated carbocycles. The lowest BCUT2D eigenvalue weighted by Gasteiger charge is -2.23. The lowest BCUT2D eigenvalue weighted by molar-refractivity contribution is -0.114. The third-order valence-electron chi connectivity index (χ3n) is 1.96. The lowest BCUT2D eigenvalue weighted by Crippen LogP contribution is -2.27. The number of aliphatic hydroxyl groups excluding tert-OH is 1. The molecule has 1 rings (SSSR count). The first-order valence-corrected chi connectivity index (χ1v) is 3.87. The molecule has 0 aromatic heterocycles. The molecule has 0 aliphatic heterocycles. The van der Waals surface area contributed by atoms with Crippen LogP contribution in [0, 0.1) is 5.92 Å². The second-order valence-electron chi connectivity index (χ2n) is 2.70. The van der Waals surface area contributed by atoms with Crippen molar-refractivity contribution in [3.05, 3.63) is 23.7 Å². The van der Waals surface area contributed by atoms with Crippen molar-refractivity contribution in [1.29, 1.82) is 0 Å². The number of rotatable bonds is 3. The Hall–Kier alpha value is -1.29. The normalized spacial score (nSPS) is 27.5. The van der Waals surface area contributed by atoms with Gasteiger partial charge in [0.2, 0.25) is 0 Å². The van der Waals surface area contributed by atoms with E-state index in [1.807, 2.05) is 0 Å². The highest BCUT2D eigenvalue weighted by Crippen LogP contribution is 2.24. The Morgan fingerprint density at radius 1 is 1.54 bits per heavy atom. The molecule has 0 fully saturated rings. The van der Waals surface area contributed by atoms with Gasteiger partial charge >= 0.3 is 0 Å². The first-order valence-electron chi connectivity index (χ1n) is 3.87. The summed E-state index contributed by atoms with van der Waals surface area (Å²) < 4.78 is 9.95. The topological polar surface area (TPSA) is 55.8 Å². The summed E-state index contributed by atoms with van der Waals surface area (Å²) in [5.74, 6) is 0.00884. The van der Waals surface area contributed by atoms with Crippen LogP contribution < -0.4 is 0 Å². The number of methoxy groups -OCH3 is 2. The van der Waals surface area contributed by atoms with Crippen LogP contribution in [0.1, 0.15) is 0 Å². The van der Waals surface area contributed by atoms with E-state index < -0.39 is 12.0 Å². The van der Waals surface area contributed by atoms with Gasteiger partial charge in [-0.2, -0.15) is 0 Å². The molecule has 0 aromatic carbocycles. The van der Waals surface area contributed by atoms with Crippen LogP contribution in [-0.4, -0.2) is 31.7 Å². The number of aliphatic hydroxyl groups is 1. The van der Waals surface area contributed by atoms with E-state index in [4.69, 9.17) is 9.47 Å². The molecule has 0 spiro atoms. The molecule has 0 heterocycles. The zero-order valence-electron chi connectivity index (χ0n) is 7.56. The Morgan fingerprint density at radius 2 is 2.23 bits per heavy atom. The largest absolute Gasteiger partial charge is 0.508 e. The first kappa shape index (κ1) is 9.80. The van der Waals surface area contributed by atoms with Gasteiger partial charge in [0.15, 0.2) is 0 Å². The van der Waals surface area contributed by atoms with E-state index in [1.54, 1.807) is 0 Å². The Bertz CT molecular complexity index is 254. The van der Waals surface area contributed by atoms with Crippen molar-refractivity contribution in [2.75, 3.05) is 14.2 Å². The number of carbonyl (C=O) groups excluding carboxylic acids is 1. The van der Waals surface area contributed by atoms with E-state index in [-0.39, 0.29) is 5.76 Å². The van der Waals surface area contributed by atoms with Crippen LogP contribution in [0.25, 0.3) is 0 Å². The summed E-state index contributed by atoms with van der Waals surface area (Å²) in [5, 5.41) is 9.23. The average molecular weight is 184 g/mol. The van der Waals surface area contributed by atoms with Gasteiger partial charge < -0.3 is 19.4 Å². The molecule has 0 amide bonds. The molecule has 13 heavy (non-hydrogen) atoms. The molecule has 72 valence electrons. The molecule has 0 bridgehead atoms. The van der Waals surface area contributed by atoms with Gasteiger partial charge in [-0.15, -0.1) is 0 Å². The SMILES string of the molecule is COC1=CC(O)=CC(OC)C1C=O. The molecule has 2 atom stereocenters. The van der Waals surface area contributed by atoms with Gasteiger partial charge in [0, 0.05) is 13.2 Å². The van der Waals surface area contributed by atoms with Gasteiger partial charge in [0.1, 0.15) is 23.7 Å². The van der Waals surface area contributed by atoms with Gasteiger partial charge in [-0.1, -0.05) is 0 Å². The Kier molecular flexibility index (Phi) is 3.08. The predicted octanol–water partition coefficient (Wildman–Crippen LogP) is 0.802. The van der Waals surface area contributed by atoms with Crippen molar-refractivity contribution in [3.63, 3.8) is 0 Å². The van der Waals surface area contributed by atoms with Crippen LogP contribution in [0.3, 0.4) is 0 Å². The summed E-state index contributed by atoms with van der Waals surface area (Å²) in [6, 6.07) is 0. The molecule has 2 unspecified atom stereocenters. The fourth-order valence-electron chi connectivity index (χ4n) is 1.28. The Morgan fingerprint density at radius 3 is 2.69 bits per heavy atom. The summed E-state index contributed by atoms with van der Waals surface area (Å²) in [6.45, 7) is 0. The van der Waals surface area contributed by atoms with Gasteiger partial charge in [0.05, 0.1) is 13.2 Å². The number of ether oxygens (including phenoxy) is 2. The zero-order valence-corrected chi connectivity index (χ0v) is 7.56. The van der Waals surface area contributed by atoms with Crippen LogP contribution in [0.5, 0.6) is 0 Å². The highest BCUT2D eigenvalue weighted by Gasteiger charge is 2.28. The zero-order chi connectivity index (χ0) is 9.84. The fraction of sp³-hybridized carbons (Fsp3) is 0.444. The first-order chi connectivity index (χ1) is 6.22. The standard InChI is InChI=1S/C9H12O4/c1-12-8-3-6(11)4-9(13-2)7(8)5-10/h3-5,7-8,11H,1-2H3. The number of hydrogen-bond donors (Lipinski definition) is 1. The van der Waals surface area contributed by atoms with Gasteiger partial charge in [0.25, 0.3) is 0 Å². The van der Waals surface area contributed by atoms with E-state index in [0.29, 0.717) is 5.76 Å². The van der Waals surface area contributed by atoms with Crippen LogP contribution in [-0.2, 0) is 14.3 Å². The number of carbonyl (C=O) groups is 1. The number of allylic oxidation sites excluding steroid dienone is 1.